The number of rotatable bonds is 5. The van der Waals surface area contributed by atoms with Crippen LogP contribution in [-0.2, 0) is 0 Å². The summed E-state index contributed by atoms with van der Waals surface area (Å²) in [5.74, 6) is 0.896. The standard InChI is InChI=1S/C22H29N5O2/c1-15-8-9-17(19(28)12-15)20-18-7-5-11-27(18)21(25-24-20)23-16-6-4-10-26(13-16)14-22(2,3)29/h5,7-9,11-12,16,28-29H,4,6,10,13-14H2,1-3H3,(H,23,25)/t16-/m1/s1. The number of nitrogens with one attached hydrogen (secondary N) is 1. The summed E-state index contributed by atoms with van der Waals surface area (Å²) in [6.45, 7) is 8.14. The predicted octanol–water partition coefficient (Wildman–Crippen LogP) is 3.06. The Morgan fingerprint density at radius 3 is 2.83 bits per heavy atom. The normalized spacial score (nSPS) is 18.3. The summed E-state index contributed by atoms with van der Waals surface area (Å²) in [7, 11) is 0. The van der Waals surface area contributed by atoms with Crippen LogP contribution >= 0.6 is 0 Å². The molecule has 1 aliphatic heterocycles. The third-order valence-corrected chi connectivity index (χ3v) is 5.32. The first kappa shape index (κ1) is 19.7. The number of phenolic OH excluding ortho intramolecular Hbond substituents is 1. The van der Waals surface area contributed by atoms with Crippen LogP contribution in [0.3, 0.4) is 0 Å². The first-order chi connectivity index (χ1) is 13.8. The van der Waals surface area contributed by atoms with Crippen LogP contribution in [0.25, 0.3) is 16.8 Å². The van der Waals surface area contributed by atoms with Crippen LogP contribution in [0.1, 0.15) is 32.3 Å². The van der Waals surface area contributed by atoms with Crippen LogP contribution in [0.5, 0.6) is 5.75 Å². The van der Waals surface area contributed by atoms with Gasteiger partial charge in [-0.05, 0) is 70.0 Å². The molecule has 0 amide bonds. The molecule has 7 heteroatoms. The average molecular weight is 396 g/mol. The summed E-state index contributed by atoms with van der Waals surface area (Å²) in [5, 5.41) is 32.9. The van der Waals surface area contributed by atoms with Gasteiger partial charge in [0.05, 0.1) is 11.1 Å². The second-order valence-electron chi connectivity index (χ2n) is 8.69. The van der Waals surface area contributed by atoms with Gasteiger partial charge in [-0.15, -0.1) is 10.2 Å². The van der Waals surface area contributed by atoms with Gasteiger partial charge < -0.3 is 15.5 Å². The molecule has 29 heavy (non-hydrogen) atoms. The van der Waals surface area contributed by atoms with Crippen LogP contribution in [0, 0.1) is 6.92 Å². The zero-order chi connectivity index (χ0) is 20.6. The number of phenols is 1. The Morgan fingerprint density at radius 1 is 1.24 bits per heavy atom. The number of aliphatic hydroxyl groups is 1. The monoisotopic (exact) mass is 395 g/mol. The number of aromatic nitrogens is 3. The summed E-state index contributed by atoms with van der Waals surface area (Å²) in [4.78, 5) is 2.29. The first-order valence-corrected chi connectivity index (χ1v) is 10.2. The van der Waals surface area contributed by atoms with Crippen molar-refractivity contribution in [2.45, 2.75) is 45.3 Å². The highest BCUT2D eigenvalue weighted by molar-refractivity contribution is 5.81. The van der Waals surface area contributed by atoms with Gasteiger partial charge in [-0.1, -0.05) is 6.07 Å². The molecule has 3 aromatic rings. The van der Waals surface area contributed by atoms with Gasteiger partial charge in [0.1, 0.15) is 11.4 Å². The van der Waals surface area contributed by atoms with Gasteiger partial charge in [0.15, 0.2) is 0 Å². The lowest BCUT2D eigenvalue weighted by Crippen LogP contribution is -2.47. The van der Waals surface area contributed by atoms with Crippen molar-refractivity contribution in [1.82, 2.24) is 19.5 Å². The molecule has 4 rings (SSSR count). The number of benzene rings is 1. The van der Waals surface area contributed by atoms with E-state index in [0.29, 0.717) is 23.8 Å². The molecule has 1 atom stereocenters. The quantitative estimate of drug-likeness (QED) is 0.616. The van der Waals surface area contributed by atoms with E-state index >= 15 is 0 Å². The summed E-state index contributed by atoms with van der Waals surface area (Å²) < 4.78 is 1.98. The molecule has 0 aliphatic carbocycles. The minimum Gasteiger partial charge on any atom is -0.507 e. The lowest BCUT2D eigenvalue weighted by Gasteiger charge is -2.36. The first-order valence-electron chi connectivity index (χ1n) is 10.2. The Hall–Kier alpha value is -2.64. The Labute approximate surface area is 171 Å². The highest BCUT2D eigenvalue weighted by Crippen LogP contribution is 2.32. The summed E-state index contributed by atoms with van der Waals surface area (Å²) >= 11 is 0. The highest BCUT2D eigenvalue weighted by Gasteiger charge is 2.25. The molecule has 1 saturated heterocycles. The Morgan fingerprint density at radius 2 is 2.07 bits per heavy atom. The number of β-amino-alcohol motifs (C(OH)–C–C–N with tert-alkyl or cyclic N) is 1. The van der Waals surface area contributed by atoms with Gasteiger partial charge in [0.25, 0.3) is 0 Å². The number of aromatic hydroxyl groups is 1. The molecular weight excluding hydrogens is 366 g/mol. The lowest BCUT2D eigenvalue weighted by atomic mass is 10.0. The maximum absolute atomic E-state index is 10.4. The lowest BCUT2D eigenvalue weighted by molar-refractivity contribution is 0.0286. The van der Waals surface area contributed by atoms with Crippen molar-refractivity contribution < 1.29 is 10.2 Å². The van der Waals surface area contributed by atoms with Crippen molar-refractivity contribution in [2.24, 2.45) is 0 Å². The SMILES string of the molecule is Cc1ccc(-c2nnc(N[C@@H]3CCCN(CC(C)(C)O)C3)n3cccc23)c(O)c1. The van der Waals surface area contributed by atoms with Crippen molar-refractivity contribution >= 4 is 11.5 Å². The molecule has 0 radical (unpaired) electrons. The molecule has 154 valence electrons. The molecule has 2 aromatic heterocycles. The van der Waals surface area contributed by atoms with Gasteiger partial charge in [-0.25, -0.2) is 0 Å². The Bertz CT molecular complexity index is 1010. The fourth-order valence-electron chi connectivity index (χ4n) is 4.13. The molecule has 1 aromatic carbocycles. The zero-order valence-corrected chi connectivity index (χ0v) is 17.3. The number of hydrogen-bond donors (Lipinski definition) is 3. The molecular formula is C22H29N5O2. The molecule has 0 spiro atoms. The van der Waals surface area contributed by atoms with E-state index in [1.807, 2.05) is 55.6 Å². The third kappa shape index (κ3) is 4.36. The minimum absolute atomic E-state index is 0.206. The van der Waals surface area contributed by atoms with E-state index in [1.165, 1.54) is 0 Å². The third-order valence-electron chi connectivity index (χ3n) is 5.32. The van der Waals surface area contributed by atoms with Crippen molar-refractivity contribution in [3.63, 3.8) is 0 Å². The van der Waals surface area contributed by atoms with Gasteiger partial charge in [-0.3, -0.25) is 9.30 Å². The average Bonchev–Trinajstić information content (AvgIpc) is 3.12. The van der Waals surface area contributed by atoms with E-state index < -0.39 is 5.60 Å². The van der Waals surface area contributed by atoms with E-state index in [1.54, 1.807) is 6.07 Å². The number of aryl methyl sites for hydroxylation is 1. The Balaban J connectivity index is 1.59. The molecule has 3 heterocycles. The van der Waals surface area contributed by atoms with E-state index in [9.17, 15) is 10.2 Å². The van der Waals surface area contributed by atoms with E-state index in [0.717, 1.165) is 37.0 Å². The number of fused-ring (bicyclic) bond motifs is 1. The highest BCUT2D eigenvalue weighted by atomic mass is 16.3. The predicted molar refractivity (Wildman–Crippen MR) is 114 cm³/mol. The van der Waals surface area contributed by atoms with Crippen LogP contribution in [0.4, 0.5) is 5.95 Å². The fourth-order valence-corrected chi connectivity index (χ4v) is 4.13. The molecule has 3 N–H and O–H groups in total. The smallest absolute Gasteiger partial charge is 0.228 e. The van der Waals surface area contributed by atoms with Crippen LogP contribution in [0.15, 0.2) is 36.5 Å². The minimum atomic E-state index is -0.701. The summed E-state index contributed by atoms with van der Waals surface area (Å²) in [6.07, 6.45) is 4.08. The van der Waals surface area contributed by atoms with Crippen molar-refractivity contribution in [1.29, 1.82) is 0 Å². The number of nitrogens with zero attached hydrogens (tertiary/aromatic N) is 4. The van der Waals surface area contributed by atoms with E-state index in [2.05, 4.69) is 20.4 Å². The molecule has 7 nitrogen and oxygen atoms in total. The molecule has 1 aliphatic rings. The van der Waals surface area contributed by atoms with Gasteiger partial charge in [0.2, 0.25) is 5.95 Å². The van der Waals surface area contributed by atoms with E-state index in [-0.39, 0.29) is 11.8 Å². The van der Waals surface area contributed by atoms with Gasteiger partial charge >= 0.3 is 0 Å². The van der Waals surface area contributed by atoms with Crippen LogP contribution in [0.2, 0.25) is 0 Å². The molecule has 0 bridgehead atoms. The van der Waals surface area contributed by atoms with Gasteiger partial charge in [0, 0.05) is 30.9 Å². The Kier molecular flexibility index (Phi) is 5.19. The summed E-state index contributed by atoms with van der Waals surface area (Å²) in [5.41, 5.74) is 2.52. The largest absolute Gasteiger partial charge is 0.507 e. The zero-order valence-electron chi connectivity index (χ0n) is 17.3. The molecule has 0 unspecified atom stereocenters. The van der Waals surface area contributed by atoms with Crippen LogP contribution < -0.4 is 5.32 Å². The van der Waals surface area contributed by atoms with Crippen molar-refractivity contribution in [3.8, 4) is 17.0 Å². The van der Waals surface area contributed by atoms with Gasteiger partial charge in [-0.2, -0.15) is 0 Å². The maximum Gasteiger partial charge on any atom is 0.228 e. The topological polar surface area (TPSA) is 85.9 Å². The number of hydrogen-bond acceptors (Lipinski definition) is 6. The molecule has 0 saturated carbocycles. The number of anilines is 1. The van der Waals surface area contributed by atoms with Crippen molar-refractivity contribution in [2.75, 3.05) is 25.0 Å². The number of piperidine rings is 1. The maximum atomic E-state index is 10.4. The number of likely N-dealkylation sites (tertiary alicyclic amines) is 1. The van der Waals surface area contributed by atoms with Crippen LogP contribution in [-0.4, -0.2) is 61.0 Å². The van der Waals surface area contributed by atoms with E-state index in [4.69, 9.17) is 0 Å². The molecule has 1 fully saturated rings. The second kappa shape index (κ2) is 7.65. The fraction of sp³-hybridized carbons (Fsp3) is 0.455. The second-order valence-corrected chi connectivity index (χ2v) is 8.69. The summed E-state index contributed by atoms with van der Waals surface area (Å²) in [6, 6.07) is 9.76. The van der Waals surface area contributed by atoms with Crippen molar-refractivity contribution in [3.05, 3.63) is 42.1 Å².